The lowest BCUT2D eigenvalue weighted by molar-refractivity contribution is -0.120. The smallest absolute Gasteiger partial charge is 0.243 e. The number of para-hydroxylation sites is 1. The minimum Gasteiger partial charge on any atom is -0.491 e. The molecule has 168 valence electrons. The molecule has 1 N–H and O–H groups in total. The molecule has 1 aliphatic rings. The first-order chi connectivity index (χ1) is 14.8. The molecule has 31 heavy (non-hydrogen) atoms. The Hall–Kier alpha value is -2.13. The highest BCUT2D eigenvalue weighted by atomic mass is 35.5. The number of ether oxygens (including phenoxy) is 1. The molecule has 1 heterocycles. The number of carbonyl (C=O) groups is 1. The Kier molecular flexibility index (Phi) is 7.94. The fourth-order valence-electron chi connectivity index (χ4n) is 3.29. The van der Waals surface area contributed by atoms with Crippen LogP contribution in [-0.4, -0.2) is 62.9 Å². The highest BCUT2D eigenvalue weighted by molar-refractivity contribution is 7.89. The van der Waals surface area contributed by atoms with Crippen molar-refractivity contribution in [2.24, 2.45) is 0 Å². The molecule has 0 aromatic heterocycles. The van der Waals surface area contributed by atoms with Gasteiger partial charge >= 0.3 is 0 Å². The number of benzene rings is 2. The standard InChI is InChI=1S/C22H28ClN3O4S/c1-17(25(2)15-16-30-21-8-4-3-7-20(21)23)22(27)24-18-9-11-19(12-10-18)31(28,29)26-13-5-6-14-26/h3-4,7-12,17H,5-6,13-16H2,1-2H3,(H,24,27)/t17-/m1/s1. The number of halogens is 1. The van der Waals surface area contributed by atoms with E-state index < -0.39 is 16.1 Å². The first-order valence-corrected chi connectivity index (χ1v) is 12.1. The van der Waals surface area contributed by atoms with Crippen molar-refractivity contribution in [3.8, 4) is 5.75 Å². The molecule has 1 atom stereocenters. The van der Waals surface area contributed by atoms with Gasteiger partial charge in [-0.2, -0.15) is 4.31 Å². The molecule has 7 nitrogen and oxygen atoms in total. The lowest BCUT2D eigenvalue weighted by atomic mass is 10.2. The Morgan fingerprint density at radius 2 is 1.81 bits per heavy atom. The number of anilines is 1. The van der Waals surface area contributed by atoms with Gasteiger partial charge in [0.2, 0.25) is 15.9 Å². The van der Waals surface area contributed by atoms with Crippen molar-refractivity contribution in [2.45, 2.75) is 30.7 Å². The van der Waals surface area contributed by atoms with Gasteiger partial charge in [-0.25, -0.2) is 8.42 Å². The minimum atomic E-state index is -3.46. The van der Waals surface area contributed by atoms with E-state index in [9.17, 15) is 13.2 Å². The van der Waals surface area contributed by atoms with E-state index in [1.807, 2.05) is 24.1 Å². The Morgan fingerprint density at radius 1 is 1.16 bits per heavy atom. The van der Waals surface area contributed by atoms with Crippen molar-refractivity contribution in [3.05, 3.63) is 53.6 Å². The summed E-state index contributed by atoms with van der Waals surface area (Å²) in [6, 6.07) is 13.2. The number of sulfonamides is 1. The molecule has 0 aliphatic carbocycles. The van der Waals surface area contributed by atoms with Gasteiger partial charge in [-0.05, 0) is 63.2 Å². The summed E-state index contributed by atoms with van der Waals surface area (Å²) in [6.45, 7) is 3.85. The van der Waals surface area contributed by atoms with Crippen molar-refractivity contribution in [1.29, 1.82) is 0 Å². The molecule has 2 aromatic rings. The van der Waals surface area contributed by atoms with Crippen LogP contribution in [-0.2, 0) is 14.8 Å². The average molecular weight is 466 g/mol. The minimum absolute atomic E-state index is 0.185. The summed E-state index contributed by atoms with van der Waals surface area (Å²) in [7, 11) is -1.62. The monoisotopic (exact) mass is 465 g/mol. The van der Waals surface area contributed by atoms with E-state index >= 15 is 0 Å². The summed E-state index contributed by atoms with van der Waals surface area (Å²) in [5, 5.41) is 3.38. The third-order valence-electron chi connectivity index (χ3n) is 5.40. The van der Waals surface area contributed by atoms with Crippen LogP contribution in [0.2, 0.25) is 5.02 Å². The van der Waals surface area contributed by atoms with Gasteiger partial charge in [0, 0.05) is 25.3 Å². The third-order valence-corrected chi connectivity index (χ3v) is 7.63. The van der Waals surface area contributed by atoms with Crippen LogP contribution in [0.1, 0.15) is 19.8 Å². The second kappa shape index (κ2) is 10.5. The van der Waals surface area contributed by atoms with Crippen molar-refractivity contribution in [1.82, 2.24) is 9.21 Å². The van der Waals surface area contributed by atoms with Gasteiger partial charge in [0.25, 0.3) is 0 Å². The molecule has 0 radical (unpaired) electrons. The SMILES string of the molecule is C[C@H](C(=O)Nc1ccc(S(=O)(=O)N2CCCC2)cc1)N(C)CCOc1ccccc1Cl. The molecule has 1 amide bonds. The molecule has 1 aliphatic heterocycles. The molecule has 2 aromatic carbocycles. The lowest BCUT2D eigenvalue weighted by Gasteiger charge is -2.24. The van der Waals surface area contributed by atoms with Crippen LogP contribution in [0, 0.1) is 0 Å². The van der Waals surface area contributed by atoms with Crippen LogP contribution in [0.5, 0.6) is 5.75 Å². The van der Waals surface area contributed by atoms with Crippen LogP contribution in [0.3, 0.4) is 0 Å². The summed E-state index contributed by atoms with van der Waals surface area (Å²) in [6.07, 6.45) is 1.78. The average Bonchev–Trinajstić information content (AvgIpc) is 3.31. The van der Waals surface area contributed by atoms with Crippen molar-refractivity contribution >= 4 is 33.2 Å². The Morgan fingerprint density at radius 3 is 2.45 bits per heavy atom. The zero-order chi connectivity index (χ0) is 22.4. The molecule has 3 rings (SSSR count). The normalized spacial score (nSPS) is 15.7. The molecule has 0 spiro atoms. The van der Waals surface area contributed by atoms with E-state index in [1.54, 1.807) is 31.2 Å². The molecular weight excluding hydrogens is 438 g/mol. The molecule has 0 bridgehead atoms. The van der Waals surface area contributed by atoms with E-state index in [0.717, 1.165) is 12.8 Å². The van der Waals surface area contributed by atoms with Gasteiger partial charge < -0.3 is 10.1 Å². The first kappa shape index (κ1) is 23.5. The molecule has 0 saturated carbocycles. The van der Waals surface area contributed by atoms with E-state index in [-0.39, 0.29) is 10.8 Å². The Balaban J connectivity index is 1.51. The van der Waals surface area contributed by atoms with Crippen LogP contribution in [0.4, 0.5) is 5.69 Å². The highest BCUT2D eigenvalue weighted by Gasteiger charge is 2.27. The Labute approximate surface area is 189 Å². The van der Waals surface area contributed by atoms with Gasteiger partial charge in [-0.3, -0.25) is 9.69 Å². The van der Waals surface area contributed by atoms with E-state index in [4.69, 9.17) is 16.3 Å². The second-order valence-electron chi connectivity index (χ2n) is 7.56. The summed E-state index contributed by atoms with van der Waals surface area (Å²) < 4.78 is 32.4. The second-order valence-corrected chi connectivity index (χ2v) is 9.91. The maximum absolute atomic E-state index is 12.6. The Bertz CT molecular complexity index is 992. The third kappa shape index (κ3) is 5.98. The first-order valence-electron chi connectivity index (χ1n) is 10.3. The predicted molar refractivity (Wildman–Crippen MR) is 122 cm³/mol. The van der Waals surface area contributed by atoms with Gasteiger partial charge in [-0.15, -0.1) is 0 Å². The largest absolute Gasteiger partial charge is 0.491 e. The molecule has 1 fully saturated rings. The van der Waals surface area contributed by atoms with Gasteiger partial charge in [-0.1, -0.05) is 23.7 Å². The number of nitrogens with zero attached hydrogens (tertiary/aromatic N) is 2. The highest BCUT2D eigenvalue weighted by Crippen LogP contribution is 2.23. The van der Waals surface area contributed by atoms with Gasteiger partial charge in [0.1, 0.15) is 12.4 Å². The number of hydrogen-bond acceptors (Lipinski definition) is 5. The lowest BCUT2D eigenvalue weighted by Crippen LogP contribution is -2.41. The van der Waals surface area contributed by atoms with Gasteiger partial charge in [0.15, 0.2) is 0 Å². The number of carbonyl (C=O) groups excluding carboxylic acids is 1. The van der Waals surface area contributed by atoms with Crippen molar-refractivity contribution in [3.63, 3.8) is 0 Å². The molecular formula is C22H28ClN3O4S. The summed E-state index contributed by atoms with van der Waals surface area (Å²) in [5.74, 6) is 0.425. The fourth-order valence-corrected chi connectivity index (χ4v) is 5.00. The zero-order valence-electron chi connectivity index (χ0n) is 17.8. The number of likely N-dealkylation sites (N-methyl/N-ethyl adjacent to an activating group) is 1. The zero-order valence-corrected chi connectivity index (χ0v) is 19.3. The van der Waals surface area contributed by atoms with Crippen LogP contribution < -0.4 is 10.1 Å². The maximum Gasteiger partial charge on any atom is 0.243 e. The van der Waals surface area contributed by atoms with Gasteiger partial charge in [0.05, 0.1) is 16.0 Å². The van der Waals surface area contributed by atoms with Crippen molar-refractivity contribution in [2.75, 3.05) is 38.6 Å². The topological polar surface area (TPSA) is 79.0 Å². The molecule has 1 saturated heterocycles. The number of rotatable bonds is 9. The van der Waals surface area contributed by atoms with Crippen LogP contribution in [0.15, 0.2) is 53.4 Å². The van der Waals surface area contributed by atoms with E-state index in [2.05, 4.69) is 5.32 Å². The molecule has 9 heteroatoms. The van der Waals surface area contributed by atoms with Crippen molar-refractivity contribution < 1.29 is 17.9 Å². The predicted octanol–water partition coefficient (Wildman–Crippen LogP) is 3.46. The van der Waals surface area contributed by atoms with E-state index in [0.29, 0.717) is 42.7 Å². The quantitative estimate of drug-likeness (QED) is 0.613. The van der Waals surface area contributed by atoms with Crippen LogP contribution >= 0.6 is 11.6 Å². The fraction of sp³-hybridized carbons (Fsp3) is 0.409. The summed E-state index contributed by atoms with van der Waals surface area (Å²) in [5.41, 5.74) is 0.554. The number of hydrogen-bond donors (Lipinski definition) is 1. The van der Waals surface area contributed by atoms with Crippen LogP contribution in [0.25, 0.3) is 0 Å². The molecule has 0 unspecified atom stereocenters. The summed E-state index contributed by atoms with van der Waals surface area (Å²) >= 11 is 6.08. The number of amides is 1. The summed E-state index contributed by atoms with van der Waals surface area (Å²) in [4.78, 5) is 14.7. The van der Waals surface area contributed by atoms with E-state index in [1.165, 1.54) is 16.4 Å². The number of nitrogens with one attached hydrogen (secondary N) is 1. The maximum atomic E-state index is 12.6.